The van der Waals surface area contributed by atoms with E-state index in [1.165, 1.54) is 18.4 Å². The van der Waals surface area contributed by atoms with Gasteiger partial charge in [-0.2, -0.15) is 0 Å². The molecule has 158 valence electrons. The van der Waals surface area contributed by atoms with Crippen LogP contribution < -0.4 is 10.2 Å². The molecule has 0 bridgehead atoms. The molecule has 7 heteroatoms. The van der Waals surface area contributed by atoms with E-state index in [1.807, 2.05) is 0 Å². The summed E-state index contributed by atoms with van der Waals surface area (Å²) in [7, 11) is 0. The number of fused-ring (bicyclic) bond motifs is 1. The Kier molecular flexibility index (Phi) is 6.42. The minimum atomic E-state index is -0.349. The van der Waals surface area contributed by atoms with E-state index >= 15 is 0 Å². The lowest BCUT2D eigenvalue weighted by molar-refractivity contribution is 0.102. The highest BCUT2D eigenvalue weighted by Gasteiger charge is 2.16. The molecule has 0 radical (unpaired) electrons. The molecule has 0 amide bonds. The quantitative estimate of drug-likeness (QED) is 0.644. The van der Waals surface area contributed by atoms with E-state index in [1.54, 1.807) is 30.3 Å². The summed E-state index contributed by atoms with van der Waals surface area (Å²) in [5.41, 5.74) is 1.32. The molecule has 4 rings (SSSR count). The van der Waals surface area contributed by atoms with Crippen LogP contribution in [0, 0.1) is 5.82 Å². The van der Waals surface area contributed by atoms with Gasteiger partial charge in [-0.1, -0.05) is 12.1 Å². The first-order chi connectivity index (χ1) is 14.6. The Morgan fingerprint density at radius 3 is 2.40 bits per heavy atom. The number of halogens is 1. The monoisotopic (exact) mass is 412 g/mol. The number of benzene rings is 2. The van der Waals surface area contributed by atoms with Gasteiger partial charge in [-0.05, 0) is 29.8 Å². The van der Waals surface area contributed by atoms with Crippen molar-refractivity contribution >= 4 is 11.0 Å². The van der Waals surface area contributed by atoms with Gasteiger partial charge >= 0.3 is 0 Å². The van der Waals surface area contributed by atoms with Gasteiger partial charge in [0, 0.05) is 45.3 Å². The molecule has 1 fully saturated rings. The zero-order valence-electron chi connectivity index (χ0n) is 16.7. The summed E-state index contributed by atoms with van der Waals surface area (Å²) in [6, 6.07) is 11.0. The highest BCUT2D eigenvalue weighted by atomic mass is 19.1. The second kappa shape index (κ2) is 9.38. The van der Waals surface area contributed by atoms with Gasteiger partial charge in [0.05, 0.1) is 17.6 Å². The first kappa shape index (κ1) is 20.5. The minimum Gasteiger partial charge on any atom is -0.492 e. The van der Waals surface area contributed by atoms with Gasteiger partial charge in [0.15, 0.2) is 5.43 Å². The number of hydrogen-bond acceptors (Lipinski definition) is 6. The highest BCUT2D eigenvalue weighted by Crippen LogP contribution is 2.23. The fourth-order valence-electron chi connectivity index (χ4n) is 3.70. The zero-order chi connectivity index (χ0) is 20.9. The van der Waals surface area contributed by atoms with Crippen molar-refractivity contribution in [2.24, 2.45) is 0 Å². The molecule has 30 heavy (non-hydrogen) atoms. The van der Waals surface area contributed by atoms with E-state index in [-0.39, 0.29) is 17.9 Å². The van der Waals surface area contributed by atoms with Gasteiger partial charge in [0.25, 0.3) is 0 Å². The van der Waals surface area contributed by atoms with Crippen LogP contribution >= 0.6 is 0 Å². The number of aliphatic hydroxyl groups is 1. The van der Waals surface area contributed by atoms with Crippen molar-refractivity contribution in [3.63, 3.8) is 0 Å². The first-order valence-corrected chi connectivity index (χ1v) is 10.1. The standard InChI is InChI=1S/C23H25FN2O4/c24-18-3-1-17(2-4-18)21-16-30-22-15-19(5-6-20(22)23(21)28)29-14-12-26-9-7-25(8-10-26)11-13-27/h1-6,15-16,27H,7-14H2. The summed E-state index contributed by atoms with van der Waals surface area (Å²) < 4.78 is 24.7. The Labute approximate surface area is 174 Å². The van der Waals surface area contributed by atoms with E-state index in [0.29, 0.717) is 34.5 Å². The van der Waals surface area contributed by atoms with Gasteiger partial charge < -0.3 is 14.3 Å². The summed E-state index contributed by atoms with van der Waals surface area (Å²) in [6.45, 7) is 6.13. The first-order valence-electron chi connectivity index (χ1n) is 10.1. The Morgan fingerprint density at radius 2 is 1.70 bits per heavy atom. The molecule has 2 heterocycles. The number of ether oxygens (including phenoxy) is 1. The molecule has 1 aliphatic heterocycles. The normalized spacial score (nSPS) is 15.5. The number of aliphatic hydroxyl groups excluding tert-OH is 1. The summed E-state index contributed by atoms with van der Waals surface area (Å²) in [5, 5.41) is 9.47. The van der Waals surface area contributed by atoms with E-state index in [2.05, 4.69) is 9.80 Å². The van der Waals surface area contributed by atoms with Crippen LogP contribution in [0.4, 0.5) is 4.39 Å². The Balaban J connectivity index is 1.39. The van der Waals surface area contributed by atoms with Crippen LogP contribution in [0.15, 0.2) is 57.9 Å². The lowest BCUT2D eigenvalue weighted by Crippen LogP contribution is -2.48. The maximum atomic E-state index is 13.1. The number of piperazine rings is 1. The molecule has 0 unspecified atom stereocenters. The predicted octanol–water partition coefficient (Wildman–Crippen LogP) is 2.59. The maximum Gasteiger partial charge on any atom is 0.200 e. The van der Waals surface area contributed by atoms with Gasteiger partial charge in [0.1, 0.15) is 30.0 Å². The van der Waals surface area contributed by atoms with Crippen LogP contribution in [0.5, 0.6) is 5.75 Å². The molecule has 1 N–H and O–H groups in total. The van der Waals surface area contributed by atoms with Gasteiger partial charge in [-0.15, -0.1) is 0 Å². The van der Waals surface area contributed by atoms with Crippen molar-refractivity contribution in [2.45, 2.75) is 0 Å². The molecule has 0 atom stereocenters. The summed E-state index contributed by atoms with van der Waals surface area (Å²) in [5.74, 6) is 0.303. The van der Waals surface area contributed by atoms with Crippen LogP contribution in [0.1, 0.15) is 0 Å². The number of nitrogens with zero attached hydrogens (tertiary/aromatic N) is 2. The Morgan fingerprint density at radius 1 is 1.00 bits per heavy atom. The van der Waals surface area contributed by atoms with E-state index in [0.717, 1.165) is 39.3 Å². The fourth-order valence-corrected chi connectivity index (χ4v) is 3.70. The van der Waals surface area contributed by atoms with Crippen molar-refractivity contribution in [1.82, 2.24) is 9.80 Å². The molecular formula is C23H25FN2O4. The fraction of sp³-hybridized carbons (Fsp3) is 0.348. The number of rotatable bonds is 7. The molecule has 0 aliphatic carbocycles. The number of β-amino-alcohol motifs (C(OH)–C–C–N with tert-alkyl or cyclic N) is 1. The van der Waals surface area contributed by atoms with Crippen molar-refractivity contribution < 1.29 is 18.7 Å². The molecule has 0 saturated carbocycles. The van der Waals surface area contributed by atoms with Gasteiger partial charge in [-0.25, -0.2) is 4.39 Å². The van der Waals surface area contributed by atoms with Gasteiger partial charge in [-0.3, -0.25) is 14.6 Å². The zero-order valence-corrected chi connectivity index (χ0v) is 16.7. The van der Waals surface area contributed by atoms with Crippen LogP contribution in [0.3, 0.4) is 0 Å². The third-order valence-electron chi connectivity index (χ3n) is 5.46. The molecular weight excluding hydrogens is 387 g/mol. The van der Waals surface area contributed by atoms with Crippen LogP contribution in [-0.2, 0) is 0 Å². The molecule has 1 aliphatic rings. The van der Waals surface area contributed by atoms with E-state index < -0.39 is 0 Å². The number of hydrogen-bond donors (Lipinski definition) is 1. The molecule has 1 aromatic heterocycles. The van der Waals surface area contributed by atoms with Crippen LogP contribution in [0.25, 0.3) is 22.1 Å². The van der Waals surface area contributed by atoms with Crippen molar-refractivity contribution in [3.05, 3.63) is 64.8 Å². The van der Waals surface area contributed by atoms with Crippen LogP contribution in [-0.4, -0.2) is 67.4 Å². The van der Waals surface area contributed by atoms with Gasteiger partial charge in [0.2, 0.25) is 0 Å². The molecule has 0 spiro atoms. The van der Waals surface area contributed by atoms with E-state index in [9.17, 15) is 9.18 Å². The Hall–Kier alpha value is -2.74. The molecule has 6 nitrogen and oxygen atoms in total. The summed E-state index contributed by atoms with van der Waals surface area (Å²) >= 11 is 0. The Bertz CT molecular complexity index is 1040. The van der Waals surface area contributed by atoms with Crippen molar-refractivity contribution in [1.29, 1.82) is 0 Å². The van der Waals surface area contributed by atoms with E-state index in [4.69, 9.17) is 14.3 Å². The van der Waals surface area contributed by atoms with Crippen LogP contribution in [0.2, 0.25) is 0 Å². The summed E-state index contributed by atoms with van der Waals surface area (Å²) in [6.07, 6.45) is 1.41. The molecule has 2 aromatic carbocycles. The molecule has 1 saturated heterocycles. The highest BCUT2D eigenvalue weighted by molar-refractivity contribution is 5.82. The molecule has 3 aromatic rings. The van der Waals surface area contributed by atoms with Crippen molar-refractivity contribution in [3.8, 4) is 16.9 Å². The largest absolute Gasteiger partial charge is 0.492 e. The lowest BCUT2D eigenvalue weighted by Gasteiger charge is -2.34. The second-order valence-corrected chi connectivity index (χ2v) is 7.40. The second-order valence-electron chi connectivity index (χ2n) is 7.40. The predicted molar refractivity (Wildman–Crippen MR) is 113 cm³/mol. The lowest BCUT2D eigenvalue weighted by atomic mass is 10.1. The average molecular weight is 412 g/mol. The third-order valence-corrected chi connectivity index (χ3v) is 5.46. The third kappa shape index (κ3) is 4.70. The topological polar surface area (TPSA) is 66.2 Å². The average Bonchev–Trinajstić information content (AvgIpc) is 2.76. The maximum absolute atomic E-state index is 13.1. The minimum absolute atomic E-state index is 0.157. The SMILES string of the molecule is O=c1c(-c2ccc(F)cc2)coc2cc(OCCN3CCN(CCO)CC3)ccc12. The smallest absolute Gasteiger partial charge is 0.200 e. The van der Waals surface area contributed by atoms with Crippen molar-refractivity contribution in [2.75, 3.05) is 52.5 Å². The summed E-state index contributed by atoms with van der Waals surface area (Å²) in [4.78, 5) is 17.4.